The third-order valence-electron chi connectivity index (χ3n) is 3.88. The summed E-state index contributed by atoms with van der Waals surface area (Å²) in [5.74, 6) is -0.701. The quantitative estimate of drug-likeness (QED) is 0.401. The van der Waals surface area contributed by atoms with Crippen LogP contribution in [-0.2, 0) is 4.79 Å². The Morgan fingerprint density at radius 3 is 1.76 bits per heavy atom. The molecule has 4 nitrogen and oxygen atoms in total. The predicted molar refractivity (Wildman–Crippen MR) is 85.3 cm³/mol. The Balaban J connectivity index is 3.25. The van der Waals surface area contributed by atoms with Gasteiger partial charge >= 0.3 is 5.97 Å². The molecule has 21 heavy (non-hydrogen) atoms. The molecule has 0 aliphatic carbocycles. The summed E-state index contributed by atoms with van der Waals surface area (Å²) in [4.78, 5) is 10.3. The van der Waals surface area contributed by atoms with Gasteiger partial charge < -0.3 is 15.3 Å². The fraction of sp³-hybridized carbons (Fsp3) is 0.941. The molecule has 0 saturated carbocycles. The van der Waals surface area contributed by atoms with Crippen LogP contribution in [-0.4, -0.2) is 33.5 Å². The number of hydrogen-bond donors (Lipinski definition) is 3. The highest BCUT2D eigenvalue weighted by molar-refractivity contribution is 5.66. The molecule has 2 unspecified atom stereocenters. The Bertz CT molecular complexity index is 243. The Morgan fingerprint density at radius 2 is 1.24 bits per heavy atom. The molecule has 4 heteroatoms. The first-order valence-corrected chi connectivity index (χ1v) is 8.64. The highest BCUT2D eigenvalue weighted by atomic mass is 16.4. The minimum atomic E-state index is -0.701. The van der Waals surface area contributed by atoms with Gasteiger partial charge in [0.25, 0.3) is 0 Å². The van der Waals surface area contributed by atoms with Gasteiger partial charge in [0.15, 0.2) is 0 Å². The summed E-state index contributed by atoms with van der Waals surface area (Å²) in [6.45, 7) is 2.06. The van der Waals surface area contributed by atoms with Crippen LogP contribution >= 0.6 is 0 Å². The highest BCUT2D eigenvalue weighted by Gasteiger charge is 2.08. The first-order valence-electron chi connectivity index (χ1n) is 8.64. The molecule has 126 valence electrons. The zero-order chi connectivity index (χ0) is 15.9. The van der Waals surface area contributed by atoms with Crippen molar-refractivity contribution in [3.05, 3.63) is 0 Å². The summed E-state index contributed by atoms with van der Waals surface area (Å²) < 4.78 is 0. The van der Waals surface area contributed by atoms with Crippen LogP contribution in [0.25, 0.3) is 0 Å². The summed E-state index contributed by atoms with van der Waals surface area (Å²) in [6, 6.07) is 0. The van der Waals surface area contributed by atoms with E-state index in [9.17, 15) is 15.0 Å². The fourth-order valence-electron chi connectivity index (χ4n) is 2.55. The number of aliphatic hydroxyl groups excluding tert-OH is 2. The van der Waals surface area contributed by atoms with Crippen molar-refractivity contribution in [2.45, 2.75) is 103 Å². The zero-order valence-corrected chi connectivity index (χ0v) is 13.6. The molecule has 0 aliphatic rings. The molecule has 0 aromatic heterocycles. The number of carbonyl (C=O) groups is 1. The van der Waals surface area contributed by atoms with Gasteiger partial charge in [-0.3, -0.25) is 4.79 Å². The molecule has 0 rings (SSSR count). The van der Waals surface area contributed by atoms with Crippen molar-refractivity contribution in [3.8, 4) is 0 Å². The third-order valence-corrected chi connectivity index (χ3v) is 3.88. The van der Waals surface area contributed by atoms with E-state index in [1.807, 2.05) is 0 Å². The van der Waals surface area contributed by atoms with Gasteiger partial charge in [0.1, 0.15) is 0 Å². The lowest BCUT2D eigenvalue weighted by atomic mass is 10.0. The minimum Gasteiger partial charge on any atom is -0.481 e. The van der Waals surface area contributed by atoms with Gasteiger partial charge in [0, 0.05) is 6.42 Å². The van der Waals surface area contributed by atoms with Crippen molar-refractivity contribution in [1.29, 1.82) is 0 Å². The van der Waals surface area contributed by atoms with Gasteiger partial charge in [-0.25, -0.2) is 0 Å². The van der Waals surface area contributed by atoms with Crippen LogP contribution in [0, 0.1) is 0 Å². The molecular formula is C17H34O4. The second-order valence-corrected chi connectivity index (χ2v) is 6.08. The number of hydrogen-bond acceptors (Lipinski definition) is 3. The standard InChI is InChI=1S/C17H34O4/c1-2-10-15(18)13-14-16(19)11-8-6-4-3-5-7-9-12-17(20)21/h15-16,18-19H,2-14H2,1H3,(H,20,21). The van der Waals surface area contributed by atoms with Crippen molar-refractivity contribution >= 4 is 5.97 Å². The zero-order valence-electron chi connectivity index (χ0n) is 13.6. The van der Waals surface area contributed by atoms with Crippen LogP contribution in [0.3, 0.4) is 0 Å². The van der Waals surface area contributed by atoms with Crippen LogP contribution in [0.4, 0.5) is 0 Å². The number of carboxylic acids is 1. The first kappa shape index (κ1) is 20.4. The molecule has 3 N–H and O–H groups in total. The number of unbranched alkanes of at least 4 members (excludes halogenated alkanes) is 6. The molecule has 0 bridgehead atoms. The Hall–Kier alpha value is -0.610. The summed E-state index contributed by atoms with van der Waals surface area (Å²) in [6.07, 6.45) is 11.2. The van der Waals surface area contributed by atoms with E-state index in [-0.39, 0.29) is 18.6 Å². The molecule has 2 atom stereocenters. The van der Waals surface area contributed by atoms with Crippen molar-refractivity contribution in [2.75, 3.05) is 0 Å². The van der Waals surface area contributed by atoms with Crippen LogP contribution in [0.2, 0.25) is 0 Å². The number of rotatable bonds is 15. The number of aliphatic hydroxyl groups is 2. The molecule has 0 saturated heterocycles. The minimum absolute atomic E-state index is 0.254. The van der Waals surface area contributed by atoms with E-state index < -0.39 is 5.97 Å². The maximum absolute atomic E-state index is 10.3. The Labute approximate surface area is 129 Å². The van der Waals surface area contributed by atoms with Gasteiger partial charge in [-0.05, 0) is 32.1 Å². The smallest absolute Gasteiger partial charge is 0.303 e. The Kier molecular flexibility index (Phi) is 13.9. The summed E-state index contributed by atoms with van der Waals surface area (Å²) in [5, 5.41) is 27.9. The van der Waals surface area contributed by atoms with Gasteiger partial charge in [-0.1, -0.05) is 51.9 Å². The topological polar surface area (TPSA) is 77.8 Å². The van der Waals surface area contributed by atoms with Gasteiger partial charge in [-0.2, -0.15) is 0 Å². The molecule has 0 radical (unpaired) electrons. The van der Waals surface area contributed by atoms with Crippen LogP contribution in [0.5, 0.6) is 0 Å². The second kappa shape index (κ2) is 14.3. The molecule has 0 spiro atoms. The van der Waals surface area contributed by atoms with E-state index in [1.165, 1.54) is 0 Å². The number of carboxylic acid groups (broad SMARTS) is 1. The predicted octanol–water partition coefficient (Wildman–Crippen LogP) is 3.88. The highest BCUT2D eigenvalue weighted by Crippen LogP contribution is 2.14. The van der Waals surface area contributed by atoms with Crippen molar-refractivity contribution in [2.24, 2.45) is 0 Å². The second-order valence-electron chi connectivity index (χ2n) is 6.08. The largest absolute Gasteiger partial charge is 0.481 e. The monoisotopic (exact) mass is 302 g/mol. The van der Waals surface area contributed by atoms with E-state index in [0.29, 0.717) is 12.8 Å². The molecular weight excluding hydrogens is 268 g/mol. The lowest BCUT2D eigenvalue weighted by Crippen LogP contribution is -2.13. The van der Waals surface area contributed by atoms with Crippen molar-refractivity contribution in [1.82, 2.24) is 0 Å². The molecule has 0 aliphatic heterocycles. The third kappa shape index (κ3) is 15.6. The molecule has 0 amide bonds. The van der Waals surface area contributed by atoms with E-state index in [0.717, 1.165) is 64.2 Å². The van der Waals surface area contributed by atoms with Crippen molar-refractivity contribution < 1.29 is 20.1 Å². The average Bonchev–Trinajstić information content (AvgIpc) is 2.43. The lowest BCUT2D eigenvalue weighted by molar-refractivity contribution is -0.137. The van der Waals surface area contributed by atoms with E-state index >= 15 is 0 Å². The Morgan fingerprint density at radius 1 is 0.762 bits per heavy atom. The van der Waals surface area contributed by atoms with Gasteiger partial charge in [-0.15, -0.1) is 0 Å². The molecule has 0 fully saturated rings. The number of aliphatic carboxylic acids is 1. The summed E-state index contributed by atoms with van der Waals surface area (Å²) in [7, 11) is 0. The molecule has 0 aromatic rings. The van der Waals surface area contributed by atoms with E-state index in [4.69, 9.17) is 5.11 Å². The molecule has 0 aromatic carbocycles. The van der Waals surface area contributed by atoms with Gasteiger partial charge in [0.05, 0.1) is 12.2 Å². The first-order chi connectivity index (χ1) is 10.1. The maximum atomic E-state index is 10.3. The SMILES string of the molecule is CCCC(O)CCC(O)CCCCCCCCCC(=O)O. The summed E-state index contributed by atoms with van der Waals surface area (Å²) >= 11 is 0. The molecule has 0 heterocycles. The average molecular weight is 302 g/mol. The van der Waals surface area contributed by atoms with Gasteiger partial charge in [0.2, 0.25) is 0 Å². The van der Waals surface area contributed by atoms with E-state index in [2.05, 4.69) is 6.92 Å². The van der Waals surface area contributed by atoms with Crippen molar-refractivity contribution in [3.63, 3.8) is 0 Å². The van der Waals surface area contributed by atoms with Crippen LogP contribution < -0.4 is 0 Å². The van der Waals surface area contributed by atoms with Crippen LogP contribution in [0.15, 0.2) is 0 Å². The fourth-order valence-corrected chi connectivity index (χ4v) is 2.55. The summed E-state index contributed by atoms with van der Waals surface area (Å²) in [5.41, 5.74) is 0. The maximum Gasteiger partial charge on any atom is 0.303 e. The normalized spacial score (nSPS) is 14.0. The van der Waals surface area contributed by atoms with E-state index in [1.54, 1.807) is 0 Å². The lowest BCUT2D eigenvalue weighted by Gasteiger charge is -2.13. The van der Waals surface area contributed by atoms with Crippen LogP contribution in [0.1, 0.15) is 90.4 Å².